The number of hydrogen-bond donors (Lipinski definition) is 1. The van der Waals surface area contributed by atoms with Gasteiger partial charge >= 0.3 is 0 Å². The molecule has 0 aliphatic heterocycles. The van der Waals surface area contributed by atoms with Crippen LogP contribution in [0.1, 0.15) is 26.3 Å². The number of halogens is 1. The number of anilines is 1. The predicted molar refractivity (Wildman–Crippen MR) is 160 cm³/mol. The molecule has 0 saturated heterocycles. The molecule has 3 aromatic rings. The number of amides is 2. The van der Waals surface area contributed by atoms with Gasteiger partial charge < -0.3 is 19.7 Å². The predicted octanol–water partition coefficient (Wildman–Crippen LogP) is 4.74. The van der Waals surface area contributed by atoms with Gasteiger partial charge in [-0.1, -0.05) is 55.8 Å². The Bertz CT molecular complexity index is 1450. The minimum atomic E-state index is -4.26. The van der Waals surface area contributed by atoms with Crippen molar-refractivity contribution in [3.8, 4) is 11.5 Å². The Morgan fingerprint density at radius 2 is 1.59 bits per heavy atom. The number of benzene rings is 3. The van der Waals surface area contributed by atoms with Crippen molar-refractivity contribution >= 4 is 39.1 Å². The van der Waals surface area contributed by atoms with Gasteiger partial charge in [0.15, 0.2) is 11.5 Å². The normalized spacial score (nSPS) is 12.0. The van der Waals surface area contributed by atoms with Crippen molar-refractivity contribution in [3.63, 3.8) is 0 Å². The molecule has 0 radical (unpaired) electrons. The van der Waals surface area contributed by atoms with Crippen molar-refractivity contribution in [2.75, 3.05) is 31.6 Å². The van der Waals surface area contributed by atoms with Crippen LogP contribution in [0.15, 0.2) is 77.7 Å². The van der Waals surface area contributed by atoms with Gasteiger partial charge in [-0.25, -0.2) is 8.42 Å². The van der Waals surface area contributed by atoms with Crippen LogP contribution in [0, 0.1) is 5.92 Å². The molecule has 0 bridgehead atoms. The number of nitrogens with one attached hydrogen (secondary N) is 1. The molecule has 0 aliphatic carbocycles. The van der Waals surface area contributed by atoms with E-state index in [2.05, 4.69) is 5.32 Å². The molecule has 0 aromatic heterocycles. The Hall–Kier alpha value is -3.76. The van der Waals surface area contributed by atoms with Gasteiger partial charge in [-0.3, -0.25) is 13.9 Å². The molecule has 0 unspecified atom stereocenters. The van der Waals surface area contributed by atoms with Crippen LogP contribution < -0.4 is 19.1 Å². The number of carbonyl (C=O) groups is 2. The number of nitrogens with zero attached hydrogens (tertiary/aromatic N) is 2. The SMILES string of the molecule is COc1ccc(S(=O)(=O)N(CC(=O)N(Cc2cccc(Cl)c2)[C@@H](C)C(=O)NCC(C)C)c2ccccc2)cc1OC. The quantitative estimate of drug-likeness (QED) is 0.303. The largest absolute Gasteiger partial charge is 0.493 e. The van der Waals surface area contributed by atoms with Crippen molar-refractivity contribution in [3.05, 3.63) is 83.4 Å². The van der Waals surface area contributed by atoms with Gasteiger partial charge in [0.1, 0.15) is 12.6 Å². The van der Waals surface area contributed by atoms with Gasteiger partial charge in [0.25, 0.3) is 10.0 Å². The third-order valence-corrected chi connectivity index (χ3v) is 8.36. The second-order valence-corrected chi connectivity index (χ2v) is 12.1. The van der Waals surface area contributed by atoms with Gasteiger partial charge in [0.05, 0.1) is 24.8 Å². The summed E-state index contributed by atoms with van der Waals surface area (Å²) in [6.07, 6.45) is 0. The Labute approximate surface area is 247 Å². The highest BCUT2D eigenvalue weighted by Crippen LogP contribution is 2.32. The monoisotopic (exact) mass is 601 g/mol. The van der Waals surface area contributed by atoms with E-state index in [9.17, 15) is 18.0 Å². The van der Waals surface area contributed by atoms with E-state index in [1.54, 1.807) is 61.5 Å². The fraction of sp³-hybridized carbons (Fsp3) is 0.333. The minimum absolute atomic E-state index is 0.0503. The van der Waals surface area contributed by atoms with E-state index in [1.807, 2.05) is 13.8 Å². The summed E-state index contributed by atoms with van der Waals surface area (Å²) < 4.78 is 39.6. The lowest BCUT2D eigenvalue weighted by atomic mass is 10.1. The lowest BCUT2D eigenvalue weighted by molar-refractivity contribution is -0.139. The van der Waals surface area contributed by atoms with Crippen LogP contribution in [0.4, 0.5) is 5.69 Å². The third kappa shape index (κ3) is 8.14. The number of methoxy groups -OCH3 is 2. The molecule has 0 fully saturated rings. The first kappa shape index (κ1) is 31.8. The standard InChI is InChI=1S/C30H36ClN3O6S/c1-21(2)18-32-30(36)22(3)33(19-23-10-9-11-24(31)16-23)29(35)20-34(25-12-7-6-8-13-25)41(37,38)26-14-15-27(39-4)28(17-26)40-5/h6-17,21-22H,18-20H2,1-5H3,(H,32,36)/t22-/m0/s1. The maximum Gasteiger partial charge on any atom is 0.264 e. The van der Waals surface area contributed by atoms with E-state index < -0.39 is 28.5 Å². The summed E-state index contributed by atoms with van der Waals surface area (Å²) in [7, 11) is -1.40. The maximum atomic E-state index is 14.0. The maximum absolute atomic E-state index is 14.0. The summed E-state index contributed by atoms with van der Waals surface area (Å²) in [6.45, 7) is 5.49. The van der Waals surface area contributed by atoms with Gasteiger partial charge in [0, 0.05) is 24.2 Å². The summed E-state index contributed by atoms with van der Waals surface area (Å²) in [5.74, 6) is -0.106. The third-order valence-electron chi connectivity index (χ3n) is 6.36. The van der Waals surface area contributed by atoms with Crippen molar-refractivity contribution in [2.24, 2.45) is 5.92 Å². The summed E-state index contributed by atoms with van der Waals surface area (Å²) in [6, 6.07) is 18.6. The molecule has 0 saturated carbocycles. The summed E-state index contributed by atoms with van der Waals surface area (Å²) in [5, 5.41) is 3.34. The van der Waals surface area contributed by atoms with Crippen LogP contribution in [-0.4, -0.2) is 58.5 Å². The molecule has 9 nitrogen and oxygen atoms in total. The molecule has 3 rings (SSSR count). The molecule has 220 valence electrons. The average Bonchev–Trinajstić information content (AvgIpc) is 2.96. The lowest BCUT2D eigenvalue weighted by Gasteiger charge is -2.32. The van der Waals surface area contributed by atoms with Gasteiger partial charge in [-0.2, -0.15) is 0 Å². The number of ether oxygens (including phenoxy) is 2. The van der Waals surface area contributed by atoms with Crippen LogP contribution in [0.3, 0.4) is 0 Å². The van der Waals surface area contributed by atoms with E-state index in [-0.39, 0.29) is 34.7 Å². The second kappa shape index (κ2) is 14.2. The molecule has 0 heterocycles. The Kier molecular flexibility index (Phi) is 11.0. The fourth-order valence-corrected chi connectivity index (χ4v) is 5.74. The first-order valence-corrected chi connectivity index (χ1v) is 14.9. The van der Waals surface area contributed by atoms with E-state index in [4.69, 9.17) is 21.1 Å². The highest BCUT2D eigenvalue weighted by atomic mass is 35.5. The molecule has 41 heavy (non-hydrogen) atoms. The summed E-state index contributed by atoms with van der Waals surface area (Å²) >= 11 is 6.18. The minimum Gasteiger partial charge on any atom is -0.493 e. The van der Waals surface area contributed by atoms with Crippen LogP contribution >= 0.6 is 11.6 Å². The zero-order chi connectivity index (χ0) is 30.2. The Morgan fingerprint density at radius 1 is 0.902 bits per heavy atom. The molecular weight excluding hydrogens is 566 g/mol. The number of rotatable bonds is 13. The molecule has 0 spiro atoms. The first-order chi connectivity index (χ1) is 19.5. The Morgan fingerprint density at radius 3 is 2.20 bits per heavy atom. The summed E-state index contributed by atoms with van der Waals surface area (Å²) in [5.41, 5.74) is 0.985. The van der Waals surface area contributed by atoms with Gasteiger partial charge in [-0.05, 0) is 54.8 Å². The van der Waals surface area contributed by atoms with Crippen molar-refractivity contribution in [1.82, 2.24) is 10.2 Å². The zero-order valence-corrected chi connectivity index (χ0v) is 25.4. The molecule has 1 atom stereocenters. The highest BCUT2D eigenvalue weighted by Gasteiger charge is 2.33. The topological polar surface area (TPSA) is 105 Å². The Balaban J connectivity index is 2.03. The second-order valence-electron chi connectivity index (χ2n) is 9.83. The molecular formula is C30H36ClN3O6S. The van der Waals surface area contributed by atoms with Crippen LogP contribution in [-0.2, 0) is 26.2 Å². The lowest BCUT2D eigenvalue weighted by Crippen LogP contribution is -2.51. The van der Waals surface area contributed by atoms with Gasteiger partial charge in [0.2, 0.25) is 11.8 Å². The summed E-state index contributed by atoms with van der Waals surface area (Å²) in [4.78, 5) is 28.3. The van der Waals surface area contributed by atoms with E-state index in [0.29, 0.717) is 22.9 Å². The number of sulfonamides is 1. The number of carbonyl (C=O) groups excluding carboxylic acids is 2. The average molecular weight is 602 g/mol. The van der Waals surface area contributed by atoms with E-state index in [0.717, 1.165) is 4.31 Å². The number of hydrogen-bond acceptors (Lipinski definition) is 6. The van der Waals surface area contributed by atoms with Crippen LogP contribution in [0.5, 0.6) is 11.5 Å². The van der Waals surface area contributed by atoms with Gasteiger partial charge in [-0.15, -0.1) is 0 Å². The molecule has 3 aromatic carbocycles. The van der Waals surface area contributed by atoms with Crippen molar-refractivity contribution in [1.29, 1.82) is 0 Å². The molecule has 2 amide bonds. The molecule has 1 N–H and O–H groups in total. The fourth-order valence-electron chi connectivity index (χ4n) is 4.09. The highest BCUT2D eigenvalue weighted by molar-refractivity contribution is 7.92. The van der Waals surface area contributed by atoms with Crippen molar-refractivity contribution < 1.29 is 27.5 Å². The van der Waals surface area contributed by atoms with Crippen LogP contribution in [0.25, 0.3) is 0 Å². The zero-order valence-electron chi connectivity index (χ0n) is 23.8. The van der Waals surface area contributed by atoms with Crippen LogP contribution in [0.2, 0.25) is 5.02 Å². The van der Waals surface area contributed by atoms with E-state index in [1.165, 1.54) is 37.3 Å². The molecule has 11 heteroatoms. The van der Waals surface area contributed by atoms with E-state index >= 15 is 0 Å². The number of para-hydroxylation sites is 1. The smallest absolute Gasteiger partial charge is 0.264 e. The van der Waals surface area contributed by atoms with Crippen molar-refractivity contribution in [2.45, 2.75) is 38.3 Å². The molecule has 0 aliphatic rings. The first-order valence-electron chi connectivity index (χ1n) is 13.1.